The van der Waals surface area contributed by atoms with Gasteiger partial charge in [0.15, 0.2) is 0 Å². The quantitative estimate of drug-likeness (QED) is 0.0597. The van der Waals surface area contributed by atoms with Gasteiger partial charge in [-0.15, -0.1) is 0 Å². The molecule has 218 valence electrons. The van der Waals surface area contributed by atoms with E-state index >= 15 is 0 Å². The van der Waals surface area contributed by atoms with Gasteiger partial charge in [-0.25, -0.2) is 0 Å². The molecule has 0 spiro atoms. The molecule has 0 aromatic heterocycles. The summed E-state index contributed by atoms with van der Waals surface area (Å²) in [6, 6.07) is 0. The third-order valence-electron chi connectivity index (χ3n) is 6.92. The highest BCUT2D eigenvalue weighted by molar-refractivity contribution is 5.66. The molecular weight excluding hydrogens is 464 g/mol. The van der Waals surface area contributed by atoms with Gasteiger partial charge >= 0.3 is 5.97 Å². The van der Waals surface area contributed by atoms with Crippen molar-refractivity contribution in [3.05, 3.63) is 60.8 Å². The molecule has 0 aromatic carbocycles. The van der Waals surface area contributed by atoms with Crippen molar-refractivity contribution in [1.82, 2.24) is 0 Å². The highest BCUT2D eigenvalue weighted by Crippen LogP contribution is 2.14. The second-order valence-corrected chi connectivity index (χ2v) is 10.7. The summed E-state index contributed by atoms with van der Waals surface area (Å²) in [4.78, 5) is 10.5. The molecular formula is C36H62O2. The second-order valence-electron chi connectivity index (χ2n) is 10.7. The molecule has 0 amide bonds. The van der Waals surface area contributed by atoms with Crippen LogP contribution < -0.4 is 0 Å². The van der Waals surface area contributed by atoms with Crippen molar-refractivity contribution in [2.24, 2.45) is 0 Å². The molecule has 0 unspecified atom stereocenters. The van der Waals surface area contributed by atoms with Gasteiger partial charge in [0.25, 0.3) is 0 Å². The maximum atomic E-state index is 10.5. The summed E-state index contributed by atoms with van der Waals surface area (Å²) in [7, 11) is 0. The molecule has 0 rings (SSSR count). The molecule has 0 saturated heterocycles. The lowest BCUT2D eigenvalue weighted by Gasteiger charge is -2.03. The van der Waals surface area contributed by atoms with Crippen LogP contribution in [0.2, 0.25) is 0 Å². The van der Waals surface area contributed by atoms with Crippen LogP contribution >= 0.6 is 0 Å². The topological polar surface area (TPSA) is 37.3 Å². The number of rotatable bonds is 29. The second kappa shape index (κ2) is 33.2. The molecule has 0 bridgehead atoms. The van der Waals surface area contributed by atoms with Gasteiger partial charge in [0.05, 0.1) is 0 Å². The Bertz CT molecular complexity index is 623. The van der Waals surface area contributed by atoms with Gasteiger partial charge in [0.1, 0.15) is 0 Å². The first kappa shape index (κ1) is 36.2. The predicted octanol–water partition coefficient (Wildman–Crippen LogP) is 12.2. The predicted molar refractivity (Wildman–Crippen MR) is 170 cm³/mol. The van der Waals surface area contributed by atoms with Crippen molar-refractivity contribution in [3.8, 4) is 0 Å². The van der Waals surface area contributed by atoms with E-state index < -0.39 is 5.97 Å². The summed E-state index contributed by atoms with van der Waals surface area (Å²) in [5.74, 6) is -0.655. The van der Waals surface area contributed by atoms with E-state index in [-0.39, 0.29) is 0 Å². The summed E-state index contributed by atoms with van der Waals surface area (Å²) in [6.07, 6.45) is 52.0. The minimum absolute atomic E-state index is 0.339. The lowest BCUT2D eigenvalue weighted by atomic mass is 10.0. The van der Waals surface area contributed by atoms with Gasteiger partial charge in [-0.2, -0.15) is 0 Å². The fourth-order valence-electron chi connectivity index (χ4n) is 4.52. The molecule has 0 radical (unpaired) electrons. The van der Waals surface area contributed by atoms with Crippen LogP contribution in [0.3, 0.4) is 0 Å². The molecule has 1 N–H and O–H groups in total. The molecule has 0 aliphatic carbocycles. The van der Waals surface area contributed by atoms with E-state index in [9.17, 15) is 4.79 Å². The largest absolute Gasteiger partial charge is 0.481 e. The van der Waals surface area contributed by atoms with Gasteiger partial charge in [-0.1, -0.05) is 170 Å². The van der Waals surface area contributed by atoms with Crippen LogP contribution in [0.4, 0.5) is 0 Å². The molecule has 0 aliphatic rings. The van der Waals surface area contributed by atoms with Gasteiger partial charge in [-0.05, 0) is 44.9 Å². The molecule has 0 aromatic rings. The number of hydrogen-bond acceptors (Lipinski definition) is 1. The first-order valence-electron chi connectivity index (χ1n) is 16.3. The number of carbonyl (C=O) groups is 1. The molecule has 0 fully saturated rings. The van der Waals surface area contributed by atoms with Gasteiger partial charge < -0.3 is 5.11 Å². The smallest absolute Gasteiger partial charge is 0.303 e. The van der Waals surface area contributed by atoms with E-state index in [1.54, 1.807) is 0 Å². The van der Waals surface area contributed by atoms with Crippen LogP contribution in [0, 0.1) is 0 Å². The number of unbranched alkanes of at least 4 members (excludes halogenated alkanes) is 18. The van der Waals surface area contributed by atoms with Crippen molar-refractivity contribution in [2.45, 2.75) is 161 Å². The van der Waals surface area contributed by atoms with Crippen LogP contribution in [0.1, 0.15) is 161 Å². The van der Waals surface area contributed by atoms with E-state index in [1.807, 2.05) is 0 Å². The van der Waals surface area contributed by atoms with Gasteiger partial charge in [0.2, 0.25) is 0 Å². The molecule has 38 heavy (non-hydrogen) atoms. The zero-order valence-corrected chi connectivity index (χ0v) is 25.1. The molecule has 0 saturated carbocycles. The Kier molecular flexibility index (Phi) is 31.6. The molecule has 2 nitrogen and oxygen atoms in total. The summed E-state index contributed by atoms with van der Waals surface area (Å²) in [6.45, 7) is 2.20. The average Bonchev–Trinajstić information content (AvgIpc) is 2.91. The minimum atomic E-state index is -0.655. The van der Waals surface area contributed by atoms with Crippen molar-refractivity contribution in [1.29, 1.82) is 0 Å². The maximum absolute atomic E-state index is 10.5. The summed E-state index contributed by atoms with van der Waals surface area (Å²) >= 11 is 0. The third-order valence-corrected chi connectivity index (χ3v) is 6.92. The Balaban J connectivity index is 3.24. The molecule has 0 aliphatic heterocycles. The van der Waals surface area contributed by atoms with E-state index in [0.717, 1.165) is 32.1 Å². The lowest BCUT2D eigenvalue weighted by molar-refractivity contribution is -0.137. The number of carboxylic acids is 1. The van der Waals surface area contributed by atoms with Crippen LogP contribution in [0.5, 0.6) is 0 Å². The van der Waals surface area contributed by atoms with Crippen molar-refractivity contribution < 1.29 is 9.90 Å². The summed E-state index contributed by atoms with van der Waals surface area (Å²) < 4.78 is 0. The minimum Gasteiger partial charge on any atom is -0.481 e. The summed E-state index contributed by atoms with van der Waals surface area (Å²) in [5, 5.41) is 8.62. The Morgan fingerprint density at radius 2 is 0.816 bits per heavy atom. The zero-order chi connectivity index (χ0) is 27.6. The van der Waals surface area contributed by atoms with Crippen LogP contribution in [-0.2, 0) is 4.79 Å². The zero-order valence-electron chi connectivity index (χ0n) is 25.1. The number of aliphatic carboxylic acids is 1. The number of allylic oxidation sites excluding steroid dienone is 10. The third kappa shape index (κ3) is 34.2. The first-order valence-corrected chi connectivity index (χ1v) is 16.3. The molecule has 0 atom stereocenters. The maximum Gasteiger partial charge on any atom is 0.303 e. The van der Waals surface area contributed by atoms with Gasteiger partial charge in [-0.3, -0.25) is 4.79 Å². The fraction of sp³-hybridized carbons (Fsp3) is 0.694. The number of hydrogen-bond donors (Lipinski definition) is 1. The highest BCUT2D eigenvalue weighted by Gasteiger charge is 1.97. The van der Waals surface area contributed by atoms with Crippen LogP contribution in [-0.4, -0.2) is 11.1 Å². The monoisotopic (exact) mass is 526 g/mol. The Hall–Kier alpha value is -1.83. The van der Waals surface area contributed by atoms with Crippen molar-refractivity contribution >= 4 is 5.97 Å². The van der Waals surface area contributed by atoms with E-state index in [1.165, 1.54) is 116 Å². The summed E-state index contributed by atoms with van der Waals surface area (Å²) in [5.41, 5.74) is 0. The Morgan fingerprint density at radius 1 is 0.447 bits per heavy atom. The lowest BCUT2D eigenvalue weighted by Crippen LogP contribution is -1.93. The van der Waals surface area contributed by atoms with E-state index in [2.05, 4.69) is 67.7 Å². The molecule has 2 heteroatoms. The van der Waals surface area contributed by atoms with Gasteiger partial charge in [0, 0.05) is 6.42 Å². The van der Waals surface area contributed by atoms with E-state index in [4.69, 9.17) is 5.11 Å². The average molecular weight is 527 g/mol. The van der Waals surface area contributed by atoms with Crippen molar-refractivity contribution in [3.63, 3.8) is 0 Å². The fourth-order valence-corrected chi connectivity index (χ4v) is 4.52. The first-order chi connectivity index (χ1) is 18.8. The van der Waals surface area contributed by atoms with Crippen molar-refractivity contribution in [2.75, 3.05) is 0 Å². The Labute approximate surface area is 237 Å². The molecule has 0 heterocycles. The normalized spacial score (nSPS) is 12.4. The Morgan fingerprint density at radius 3 is 1.26 bits per heavy atom. The highest BCUT2D eigenvalue weighted by atomic mass is 16.4. The van der Waals surface area contributed by atoms with Crippen LogP contribution in [0.25, 0.3) is 0 Å². The standard InChI is InChI=1S/C36H62O2/c1-2-3-4-5-6-7-8-9-10-11-12-13-14-15-16-17-18-19-20-21-22-23-24-25-26-27-28-29-30-31-32-33-34-35-36(37)38/h4-7,9-10,12-13,15-16H,2-3,8,11,14,17-35H2,1H3,(H,37,38). The van der Waals surface area contributed by atoms with Crippen LogP contribution in [0.15, 0.2) is 60.8 Å². The van der Waals surface area contributed by atoms with E-state index in [0.29, 0.717) is 6.42 Å². The SMILES string of the molecule is CCCC=CC=CCC=CCC=CCC=CCCCCCCCCCCCCCCCCCCCC(=O)O. The number of carboxylic acid groups (broad SMARTS) is 1.